The Kier molecular flexibility index (Phi) is 4.40. The number of aliphatic hydroxyl groups is 1. The Balaban J connectivity index is 2.22. The standard InChI is InChI=1S/C15H15ClFNO/c1-10-2-5-12(6-3-10)18-15(9-19)13-7-4-11(17)8-14(13)16/h2-8,15,18-19H,9H2,1H3. The highest BCUT2D eigenvalue weighted by Gasteiger charge is 2.14. The van der Waals surface area contributed by atoms with Gasteiger partial charge in [0.05, 0.1) is 12.6 Å². The fourth-order valence-corrected chi connectivity index (χ4v) is 2.16. The van der Waals surface area contributed by atoms with Crippen LogP contribution in [0.4, 0.5) is 10.1 Å². The van der Waals surface area contributed by atoms with Crippen LogP contribution in [0.3, 0.4) is 0 Å². The Morgan fingerprint density at radius 3 is 2.47 bits per heavy atom. The minimum atomic E-state index is -0.388. The van der Waals surface area contributed by atoms with Gasteiger partial charge in [-0.05, 0) is 36.8 Å². The Morgan fingerprint density at radius 2 is 1.89 bits per heavy atom. The molecule has 0 amide bonds. The van der Waals surface area contributed by atoms with E-state index in [1.807, 2.05) is 31.2 Å². The van der Waals surface area contributed by atoms with E-state index >= 15 is 0 Å². The molecule has 0 spiro atoms. The Morgan fingerprint density at radius 1 is 1.21 bits per heavy atom. The third kappa shape index (κ3) is 3.46. The first kappa shape index (κ1) is 13.8. The number of hydrogen-bond donors (Lipinski definition) is 2. The molecule has 2 N–H and O–H groups in total. The lowest BCUT2D eigenvalue weighted by Gasteiger charge is -2.19. The smallest absolute Gasteiger partial charge is 0.124 e. The fourth-order valence-electron chi connectivity index (χ4n) is 1.86. The van der Waals surface area contributed by atoms with Crippen molar-refractivity contribution in [3.05, 3.63) is 64.4 Å². The van der Waals surface area contributed by atoms with Crippen LogP contribution in [0.1, 0.15) is 17.2 Å². The highest BCUT2D eigenvalue weighted by Crippen LogP contribution is 2.26. The number of benzene rings is 2. The van der Waals surface area contributed by atoms with Crippen LogP contribution in [-0.4, -0.2) is 11.7 Å². The molecule has 100 valence electrons. The van der Waals surface area contributed by atoms with Crippen molar-refractivity contribution in [2.24, 2.45) is 0 Å². The molecule has 2 nitrogen and oxygen atoms in total. The minimum Gasteiger partial charge on any atom is -0.394 e. The van der Waals surface area contributed by atoms with Gasteiger partial charge in [0.1, 0.15) is 5.82 Å². The summed E-state index contributed by atoms with van der Waals surface area (Å²) in [4.78, 5) is 0. The van der Waals surface area contributed by atoms with Gasteiger partial charge in [-0.15, -0.1) is 0 Å². The van der Waals surface area contributed by atoms with Gasteiger partial charge in [-0.1, -0.05) is 35.4 Å². The van der Waals surface area contributed by atoms with Crippen molar-refractivity contribution in [1.82, 2.24) is 0 Å². The number of aryl methyl sites for hydroxylation is 1. The fraction of sp³-hybridized carbons (Fsp3) is 0.200. The zero-order valence-electron chi connectivity index (χ0n) is 10.5. The number of anilines is 1. The number of hydrogen-bond acceptors (Lipinski definition) is 2. The maximum atomic E-state index is 13.0. The highest BCUT2D eigenvalue weighted by atomic mass is 35.5. The molecular weight excluding hydrogens is 265 g/mol. The van der Waals surface area contributed by atoms with Gasteiger partial charge >= 0.3 is 0 Å². The van der Waals surface area contributed by atoms with Gasteiger partial charge in [-0.3, -0.25) is 0 Å². The van der Waals surface area contributed by atoms with Crippen molar-refractivity contribution in [2.75, 3.05) is 11.9 Å². The molecule has 0 saturated carbocycles. The number of nitrogens with one attached hydrogen (secondary N) is 1. The summed E-state index contributed by atoms with van der Waals surface area (Å²) in [6.45, 7) is 1.88. The quantitative estimate of drug-likeness (QED) is 0.889. The number of halogens is 2. The lowest BCUT2D eigenvalue weighted by atomic mass is 10.1. The molecule has 0 aliphatic heterocycles. The van der Waals surface area contributed by atoms with E-state index in [0.29, 0.717) is 10.6 Å². The van der Waals surface area contributed by atoms with E-state index in [0.717, 1.165) is 11.3 Å². The summed E-state index contributed by atoms with van der Waals surface area (Å²) in [7, 11) is 0. The van der Waals surface area contributed by atoms with Crippen LogP contribution in [-0.2, 0) is 0 Å². The molecule has 0 heterocycles. The molecule has 1 atom stereocenters. The summed E-state index contributed by atoms with van der Waals surface area (Å²) in [6.07, 6.45) is 0. The van der Waals surface area contributed by atoms with E-state index in [2.05, 4.69) is 5.32 Å². The molecular formula is C15H15ClFNO. The minimum absolute atomic E-state index is 0.126. The summed E-state index contributed by atoms with van der Waals surface area (Å²) >= 11 is 6.00. The highest BCUT2D eigenvalue weighted by molar-refractivity contribution is 6.31. The van der Waals surface area contributed by atoms with Crippen molar-refractivity contribution in [3.8, 4) is 0 Å². The average molecular weight is 280 g/mol. The van der Waals surface area contributed by atoms with Gasteiger partial charge < -0.3 is 10.4 Å². The molecule has 2 aromatic rings. The number of aliphatic hydroxyl groups excluding tert-OH is 1. The maximum Gasteiger partial charge on any atom is 0.124 e. The molecule has 19 heavy (non-hydrogen) atoms. The predicted octanol–water partition coefficient (Wildman–Crippen LogP) is 3.93. The molecule has 0 aliphatic rings. The third-order valence-corrected chi connectivity index (χ3v) is 3.24. The van der Waals surface area contributed by atoms with E-state index in [9.17, 15) is 9.50 Å². The molecule has 0 fully saturated rings. The van der Waals surface area contributed by atoms with E-state index in [1.165, 1.54) is 12.1 Å². The molecule has 0 aliphatic carbocycles. The second-order valence-corrected chi connectivity index (χ2v) is 4.82. The summed E-state index contributed by atoms with van der Waals surface area (Å²) in [5.41, 5.74) is 2.71. The summed E-state index contributed by atoms with van der Waals surface area (Å²) in [5, 5.41) is 13.0. The van der Waals surface area contributed by atoms with Crippen molar-refractivity contribution in [1.29, 1.82) is 0 Å². The second kappa shape index (κ2) is 6.04. The molecule has 0 bridgehead atoms. The first-order valence-electron chi connectivity index (χ1n) is 5.99. The van der Waals surface area contributed by atoms with Crippen molar-refractivity contribution in [2.45, 2.75) is 13.0 Å². The average Bonchev–Trinajstić information content (AvgIpc) is 2.39. The van der Waals surface area contributed by atoms with Crippen LogP contribution in [0, 0.1) is 12.7 Å². The summed E-state index contributed by atoms with van der Waals surface area (Å²) < 4.78 is 13.0. The Labute approximate surface area is 116 Å². The van der Waals surface area contributed by atoms with Crippen LogP contribution >= 0.6 is 11.6 Å². The van der Waals surface area contributed by atoms with Gasteiger partial charge in [-0.25, -0.2) is 4.39 Å². The van der Waals surface area contributed by atoms with Crippen LogP contribution in [0.5, 0.6) is 0 Å². The zero-order chi connectivity index (χ0) is 13.8. The monoisotopic (exact) mass is 279 g/mol. The second-order valence-electron chi connectivity index (χ2n) is 4.41. The molecule has 2 rings (SSSR count). The van der Waals surface area contributed by atoms with Crippen LogP contribution in [0.25, 0.3) is 0 Å². The Hall–Kier alpha value is -1.58. The van der Waals surface area contributed by atoms with Gasteiger partial charge in [0.25, 0.3) is 0 Å². The van der Waals surface area contributed by atoms with Crippen LogP contribution < -0.4 is 5.32 Å². The SMILES string of the molecule is Cc1ccc(NC(CO)c2ccc(F)cc2Cl)cc1. The largest absolute Gasteiger partial charge is 0.394 e. The van der Waals surface area contributed by atoms with E-state index < -0.39 is 0 Å². The van der Waals surface area contributed by atoms with Crippen molar-refractivity contribution in [3.63, 3.8) is 0 Å². The van der Waals surface area contributed by atoms with Crippen LogP contribution in [0.2, 0.25) is 5.02 Å². The molecule has 1 unspecified atom stereocenters. The van der Waals surface area contributed by atoms with Gasteiger partial charge in [0.2, 0.25) is 0 Å². The normalized spacial score (nSPS) is 12.2. The first-order valence-corrected chi connectivity index (χ1v) is 6.37. The van der Waals surface area contributed by atoms with Crippen molar-refractivity contribution < 1.29 is 9.50 Å². The lowest BCUT2D eigenvalue weighted by Crippen LogP contribution is -2.15. The molecule has 0 radical (unpaired) electrons. The zero-order valence-corrected chi connectivity index (χ0v) is 11.3. The van der Waals surface area contributed by atoms with Crippen LogP contribution in [0.15, 0.2) is 42.5 Å². The van der Waals surface area contributed by atoms with Crippen molar-refractivity contribution >= 4 is 17.3 Å². The molecule has 2 aromatic carbocycles. The maximum absolute atomic E-state index is 13.0. The molecule has 0 saturated heterocycles. The van der Waals surface area contributed by atoms with Gasteiger partial charge in [0, 0.05) is 10.7 Å². The Bertz CT molecular complexity index is 557. The third-order valence-electron chi connectivity index (χ3n) is 2.91. The molecule has 0 aromatic heterocycles. The molecule has 4 heteroatoms. The van der Waals surface area contributed by atoms with E-state index in [4.69, 9.17) is 11.6 Å². The lowest BCUT2D eigenvalue weighted by molar-refractivity contribution is 0.276. The summed E-state index contributed by atoms with van der Waals surface area (Å²) in [5.74, 6) is -0.388. The van der Waals surface area contributed by atoms with Gasteiger partial charge in [0.15, 0.2) is 0 Å². The predicted molar refractivity (Wildman–Crippen MR) is 76.0 cm³/mol. The van der Waals surface area contributed by atoms with E-state index in [-0.39, 0.29) is 18.5 Å². The number of rotatable bonds is 4. The topological polar surface area (TPSA) is 32.3 Å². The van der Waals surface area contributed by atoms with E-state index in [1.54, 1.807) is 6.07 Å². The first-order chi connectivity index (χ1) is 9.10. The summed E-state index contributed by atoms with van der Waals surface area (Å²) in [6, 6.07) is 11.6. The van der Waals surface area contributed by atoms with Gasteiger partial charge in [-0.2, -0.15) is 0 Å².